The van der Waals surface area contributed by atoms with Gasteiger partial charge < -0.3 is 15.1 Å². The van der Waals surface area contributed by atoms with Crippen LogP contribution in [0.15, 0.2) is 18.3 Å². The summed E-state index contributed by atoms with van der Waals surface area (Å²) in [5, 5.41) is 18.0. The number of rotatable bonds is 4. The van der Waals surface area contributed by atoms with E-state index in [2.05, 4.69) is 0 Å². The molecule has 0 saturated carbocycles. The Labute approximate surface area is 87.3 Å². The van der Waals surface area contributed by atoms with Crippen molar-refractivity contribution >= 4 is 12.2 Å². The Morgan fingerprint density at radius 1 is 1.64 bits per heavy atom. The molecule has 0 spiro atoms. The van der Waals surface area contributed by atoms with E-state index in [9.17, 15) is 5.21 Å². The maximum Gasteiger partial charge on any atom is 0.184 e. The molecule has 14 heavy (non-hydrogen) atoms. The van der Waals surface area contributed by atoms with E-state index in [4.69, 9.17) is 22.1 Å². The third-order valence-corrected chi connectivity index (χ3v) is 2.12. The Kier molecular flexibility index (Phi) is 3.91. The smallest absolute Gasteiger partial charge is 0.184 e. The van der Waals surface area contributed by atoms with Gasteiger partial charge in [-0.1, -0.05) is 19.1 Å². The maximum atomic E-state index is 9.21. The standard InChI is InChI=1S/C9H13NO3S/c1-7(5-11)6-13-8-3-2-4-10(12)9(8)14/h2-4,7,11-12H,5-6H2,1H3. The summed E-state index contributed by atoms with van der Waals surface area (Å²) in [6.07, 6.45) is 1.44. The molecular weight excluding hydrogens is 202 g/mol. The van der Waals surface area contributed by atoms with E-state index in [1.165, 1.54) is 6.20 Å². The van der Waals surface area contributed by atoms with Gasteiger partial charge in [0.1, 0.15) is 0 Å². The van der Waals surface area contributed by atoms with E-state index in [0.29, 0.717) is 12.4 Å². The Morgan fingerprint density at radius 3 is 3.00 bits per heavy atom. The number of ether oxygens (including phenoxy) is 1. The molecule has 1 aromatic rings. The van der Waals surface area contributed by atoms with Crippen LogP contribution in [0.2, 0.25) is 0 Å². The zero-order valence-corrected chi connectivity index (χ0v) is 8.70. The van der Waals surface area contributed by atoms with Gasteiger partial charge in [0.25, 0.3) is 0 Å². The lowest BCUT2D eigenvalue weighted by Crippen LogP contribution is -2.12. The molecule has 4 nitrogen and oxygen atoms in total. The first-order chi connectivity index (χ1) is 6.65. The van der Waals surface area contributed by atoms with Crippen LogP contribution < -0.4 is 4.74 Å². The molecule has 2 N–H and O–H groups in total. The third kappa shape index (κ3) is 2.71. The fraction of sp³-hybridized carbons (Fsp3) is 0.444. The van der Waals surface area contributed by atoms with Crippen molar-refractivity contribution in [3.63, 3.8) is 0 Å². The molecule has 0 saturated heterocycles. The molecule has 0 bridgehead atoms. The lowest BCUT2D eigenvalue weighted by Gasteiger charge is -2.10. The van der Waals surface area contributed by atoms with Crippen molar-refractivity contribution < 1.29 is 15.1 Å². The molecule has 0 aromatic carbocycles. The highest BCUT2D eigenvalue weighted by atomic mass is 32.1. The molecule has 0 aliphatic rings. The fourth-order valence-electron chi connectivity index (χ4n) is 0.858. The first kappa shape index (κ1) is 11.0. The summed E-state index contributed by atoms with van der Waals surface area (Å²) in [6, 6.07) is 3.31. The summed E-state index contributed by atoms with van der Waals surface area (Å²) >= 11 is 4.91. The topological polar surface area (TPSA) is 54.6 Å². The highest BCUT2D eigenvalue weighted by molar-refractivity contribution is 7.71. The number of aliphatic hydroxyl groups is 1. The number of nitrogens with zero attached hydrogens (tertiary/aromatic N) is 1. The third-order valence-electron chi connectivity index (χ3n) is 1.73. The Hall–Kier alpha value is -1.07. The molecular formula is C9H13NO3S. The second-order valence-corrected chi connectivity index (χ2v) is 3.51. The van der Waals surface area contributed by atoms with Crippen molar-refractivity contribution in [2.24, 2.45) is 5.92 Å². The maximum absolute atomic E-state index is 9.21. The van der Waals surface area contributed by atoms with Crippen molar-refractivity contribution in [3.05, 3.63) is 23.0 Å². The predicted molar refractivity (Wildman–Crippen MR) is 54.2 cm³/mol. The molecule has 1 rings (SSSR count). The minimum atomic E-state index is 0.0525. The SMILES string of the molecule is CC(CO)COc1cccn(O)c1=S. The zero-order chi connectivity index (χ0) is 10.6. The average molecular weight is 215 g/mol. The number of hydrogen-bond acceptors (Lipinski definition) is 4. The average Bonchev–Trinajstić information content (AvgIpc) is 2.20. The molecule has 0 amide bonds. The summed E-state index contributed by atoms with van der Waals surface area (Å²) in [5.41, 5.74) is 0. The normalized spacial score (nSPS) is 12.4. The largest absolute Gasteiger partial charge is 0.490 e. The molecule has 1 aromatic heterocycles. The molecule has 1 unspecified atom stereocenters. The van der Waals surface area contributed by atoms with Crippen LogP contribution in [0.3, 0.4) is 0 Å². The van der Waals surface area contributed by atoms with E-state index in [1.807, 2.05) is 6.92 Å². The van der Waals surface area contributed by atoms with E-state index in [1.54, 1.807) is 12.1 Å². The van der Waals surface area contributed by atoms with Crippen LogP contribution in [-0.2, 0) is 0 Å². The van der Waals surface area contributed by atoms with Gasteiger partial charge >= 0.3 is 0 Å². The number of aliphatic hydroxyl groups excluding tert-OH is 1. The van der Waals surface area contributed by atoms with Crippen LogP contribution in [0.25, 0.3) is 0 Å². The van der Waals surface area contributed by atoms with Gasteiger partial charge in [-0.15, -0.1) is 0 Å². The van der Waals surface area contributed by atoms with Gasteiger partial charge in [0, 0.05) is 18.7 Å². The van der Waals surface area contributed by atoms with Crippen molar-refractivity contribution in [1.29, 1.82) is 0 Å². The van der Waals surface area contributed by atoms with E-state index in [0.717, 1.165) is 4.73 Å². The van der Waals surface area contributed by atoms with Crippen LogP contribution in [0.4, 0.5) is 0 Å². The van der Waals surface area contributed by atoms with Gasteiger partial charge in [-0.3, -0.25) is 0 Å². The lowest BCUT2D eigenvalue weighted by molar-refractivity contribution is 0.158. The monoisotopic (exact) mass is 215 g/mol. The van der Waals surface area contributed by atoms with Crippen molar-refractivity contribution in [2.75, 3.05) is 13.2 Å². The summed E-state index contributed by atoms with van der Waals surface area (Å²) in [4.78, 5) is 0. The van der Waals surface area contributed by atoms with E-state index >= 15 is 0 Å². The van der Waals surface area contributed by atoms with Crippen LogP contribution >= 0.6 is 12.2 Å². The molecule has 0 aliphatic heterocycles. The van der Waals surface area contributed by atoms with Crippen molar-refractivity contribution in [1.82, 2.24) is 4.73 Å². The van der Waals surface area contributed by atoms with Gasteiger partial charge in [0.2, 0.25) is 0 Å². The Morgan fingerprint density at radius 2 is 2.36 bits per heavy atom. The first-order valence-electron chi connectivity index (χ1n) is 4.29. The van der Waals surface area contributed by atoms with Crippen LogP contribution in [0.1, 0.15) is 6.92 Å². The lowest BCUT2D eigenvalue weighted by atomic mass is 10.2. The number of pyridine rings is 1. The Balaban J connectivity index is 2.68. The second-order valence-electron chi connectivity index (χ2n) is 3.12. The minimum Gasteiger partial charge on any atom is -0.490 e. The summed E-state index contributed by atoms with van der Waals surface area (Å²) in [6.45, 7) is 2.31. The second kappa shape index (κ2) is 4.97. The number of aromatic nitrogens is 1. The fourth-order valence-corrected chi connectivity index (χ4v) is 1.05. The van der Waals surface area contributed by atoms with Crippen LogP contribution in [0.5, 0.6) is 5.75 Å². The summed E-state index contributed by atoms with van der Waals surface area (Å²) < 4.78 is 6.39. The van der Waals surface area contributed by atoms with Crippen molar-refractivity contribution in [3.8, 4) is 5.75 Å². The summed E-state index contributed by atoms with van der Waals surface area (Å²) in [5.74, 6) is 0.502. The molecule has 0 aliphatic carbocycles. The molecule has 1 heterocycles. The Bertz CT molecular complexity index is 350. The van der Waals surface area contributed by atoms with Gasteiger partial charge in [-0.25, -0.2) is 0 Å². The summed E-state index contributed by atoms with van der Waals surface area (Å²) in [7, 11) is 0. The molecule has 5 heteroatoms. The predicted octanol–water partition coefficient (Wildman–Crippen LogP) is 1.46. The molecule has 0 fully saturated rings. The number of hydrogen-bond donors (Lipinski definition) is 2. The van der Waals surface area contributed by atoms with Gasteiger partial charge in [-0.05, 0) is 12.1 Å². The highest BCUT2D eigenvalue weighted by Gasteiger charge is 2.03. The molecule has 0 radical (unpaired) electrons. The molecule has 78 valence electrons. The zero-order valence-electron chi connectivity index (χ0n) is 7.88. The van der Waals surface area contributed by atoms with Gasteiger partial charge in [-0.2, -0.15) is 4.73 Å². The van der Waals surface area contributed by atoms with Gasteiger partial charge in [0.15, 0.2) is 10.4 Å². The highest BCUT2D eigenvalue weighted by Crippen LogP contribution is 2.12. The van der Waals surface area contributed by atoms with E-state index in [-0.39, 0.29) is 17.2 Å². The van der Waals surface area contributed by atoms with Crippen LogP contribution in [-0.4, -0.2) is 28.3 Å². The van der Waals surface area contributed by atoms with Gasteiger partial charge in [0.05, 0.1) is 6.61 Å². The minimum absolute atomic E-state index is 0.0525. The van der Waals surface area contributed by atoms with Crippen LogP contribution in [0, 0.1) is 10.6 Å². The quantitative estimate of drug-likeness (QED) is 0.590. The molecule has 1 atom stereocenters. The van der Waals surface area contributed by atoms with E-state index < -0.39 is 0 Å². The first-order valence-corrected chi connectivity index (χ1v) is 4.70. The van der Waals surface area contributed by atoms with Crippen molar-refractivity contribution in [2.45, 2.75) is 6.92 Å².